The molecule has 0 aromatic heterocycles. The highest BCUT2D eigenvalue weighted by molar-refractivity contribution is 7.89. The number of hydrogen-bond donors (Lipinski definition) is 1. The van der Waals surface area contributed by atoms with Crippen molar-refractivity contribution in [2.75, 3.05) is 27.4 Å². The van der Waals surface area contributed by atoms with Gasteiger partial charge < -0.3 is 14.6 Å². The lowest BCUT2D eigenvalue weighted by Gasteiger charge is -2.22. The molecule has 1 saturated heterocycles. The molecule has 1 atom stereocenters. The van der Waals surface area contributed by atoms with E-state index in [1.165, 1.54) is 30.7 Å². The lowest BCUT2D eigenvalue weighted by Crippen LogP contribution is -2.37. The van der Waals surface area contributed by atoms with Gasteiger partial charge in [0.15, 0.2) is 11.5 Å². The van der Waals surface area contributed by atoms with E-state index in [0.717, 1.165) is 6.42 Å². The number of ether oxygens (including phenoxy) is 2. The molecule has 112 valence electrons. The number of aliphatic hydroxyl groups is 1. The standard InChI is InChI=1S/C13H19NO5S/c1-18-12-6-5-11(8-13(12)19-2)20(16,17)14-7-3-4-10(14)9-15/h5-6,8,10,15H,3-4,7,9H2,1-2H3/t10-/m1/s1. The van der Waals surface area contributed by atoms with Gasteiger partial charge in [0.05, 0.1) is 25.7 Å². The van der Waals surface area contributed by atoms with E-state index in [0.29, 0.717) is 24.5 Å². The third-order valence-electron chi connectivity index (χ3n) is 3.50. The van der Waals surface area contributed by atoms with E-state index in [9.17, 15) is 13.5 Å². The number of methoxy groups -OCH3 is 2. The van der Waals surface area contributed by atoms with Gasteiger partial charge in [-0.2, -0.15) is 4.31 Å². The maximum Gasteiger partial charge on any atom is 0.243 e. The molecule has 20 heavy (non-hydrogen) atoms. The van der Waals surface area contributed by atoms with Gasteiger partial charge in [0.1, 0.15) is 0 Å². The van der Waals surface area contributed by atoms with Crippen molar-refractivity contribution in [3.63, 3.8) is 0 Å². The average Bonchev–Trinajstić information content (AvgIpc) is 2.95. The number of sulfonamides is 1. The molecule has 7 heteroatoms. The summed E-state index contributed by atoms with van der Waals surface area (Å²) in [6, 6.07) is 4.16. The van der Waals surface area contributed by atoms with E-state index in [1.807, 2.05) is 0 Å². The van der Waals surface area contributed by atoms with Crippen molar-refractivity contribution >= 4 is 10.0 Å². The van der Waals surface area contributed by atoms with Gasteiger partial charge in [-0.3, -0.25) is 0 Å². The maximum absolute atomic E-state index is 12.6. The van der Waals surface area contributed by atoms with E-state index in [-0.39, 0.29) is 17.5 Å². The van der Waals surface area contributed by atoms with Gasteiger partial charge >= 0.3 is 0 Å². The number of rotatable bonds is 5. The molecule has 6 nitrogen and oxygen atoms in total. The lowest BCUT2D eigenvalue weighted by molar-refractivity contribution is 0.213. The summed E-state index contributed by atoms with van der Waals surface area (Å²) in [6.07, 6.45) is 1.45. The van der Waals surface area contributed by atoms with Crippen LogP contribution in [0.1, 0.15) is 12.8 Å². The van der Waals surface area contributed by atoms with Crippen LogP contribution in [0.2, 0.25) is 0 Å². The second kappa shape index (κ2) is 5.99. The van der Waals surface area contributed by atoms with Crippen molar-refractivity contribution in [1.82, 2.24) is 4.31 Å². The SMILES string of the molecule is COc1ccc(S(=O)(=O)N2CCC[C@@H]2CO)cc1OC. The molecule has 0 aliphatic carbocycles. The Kier molecular flexibility index (Phi) is 4.52. The highest BCUT2D eigenvalue weighted by Gasteiger charge is 2.35. The summed E-state index contributed by atoms with van der Waals surface area (Å²) in [4.78, 5) is 0.149. The maximum atomic E-state index is 12.6. The Morgan fingerprint density at radius 2 is 2.00 bits per heavy atom. The van der Waals surface area contributed by atoms with Crippen molar-refractivity contribution in [1.29, 1.82) is 0 Å². The first-order valence-electron chi connectivity index (χ1n) is 6.39. The van der Waals surface area contributed by atoms with Crippen LogP contribution in [0, 0.1) is 0 Å². The first-order valence-corrected chi connectivity index (χ1v) is 7.83. The minimum atomic E-state index is -3.62. The summed E-state index contributed by atoms with van der Waals surface area (Å²) in [5.74, 6) is 0.847. The molecular formula is C13H19NO5S. The van der Waals surface area contributed by atoms with Crippen LogP contribution in [0.5, 0.6) is 11.5 Å². The van der Waals surface area contributed by atoms with E-state index in [1.54, 1.807) is 6.07 Å². The zero-order valence-electron chi connectivity index (χ0n) is 11.6. The lowest BCUT2D eigenvalue weighted by atomic mass is 10.2. The minimum Gasteiger partial charge on any atom is -0.493 e. The molecule has 1 aliphatic rings. The van der Waals surface area contributed by atoms with Gasteiger partial charge in [-0.15, -0.1) is 0 Å². The highest BCUT2D eigenvalue weighted by Crippen LogP contribution is 2.32. The first kappa shape index (κ1) is 15.1. The van der Waals surface area contributed by atoms with Crippen molar-refractivity contribution in [2.24, 2.45) is 0 Å². The average molecular weight is 301 g/mol. The van der Waals surface area contributed by atoms with Gasteiger partial charge in [-0.1, -0.05) is 0 Å². The zero-order chi connectivity index (χ0) is 14.8. The van der Waals surface area contributed by atoms with Gasteiger partial charge in [0.25, 0.3) is 0 Å². The molecule has 1 fully saturated rings. The normalized spacial score (nSPS) is 20.1. The Morgan fingerprint density at radius 1 is 1.30 bits per heavy atom. The fourth-order valence-corrected chi connectivity index (χ4v) is 4.12. The molecule has 0 spiro atoms. The van der Waals surface area contributed by atoms with Crippen LogP contribution in [0.4, 0.5) is 0 Å². The zero-order valence-corrected chi connectivity index (χ0v) is 12.4. The van der Waals surface area contributed by atoms with Crippen LogP contribution in [0.25, 0.3) is 0 Å². The van der Waals surface area contributed by atoms with Gasteiger partial charge in [0.2, 0.25) is 10.0 Å². The Morgan fingerprint density at radius 3 is 2.60 bits per heavy atom. The Hall–Kier alpha value is -1.31. The molecule has 0 bridgehead atoms. The molecule has 0 unspecified atom stereocenters. The molecule has 1 aliphatic heterocycles. The number of hydrogen-bond acceptors (Lipinski definition) is 5. The van der Waals surface area contributed by atoms with Crippen LogP contribution in [0.3, 0.4) is 0 Å². The number of nitrogens with zero attached hydrogens (tertiary/aromatic N) is 1. The van der Waals surface area contributed by atoms with Crippen molar-refractivity contribution in [3.05, 3.63) is 18.2 Å². The molecule has 2 rings (SSSR count). The summed E-state index contributed by atoms with van der Waals surface area (Å²) >= 11 is 0. The van der Waals surface area contributed by atoms with Gasteiger partial charge in [-0.05, 0) is 25.0 Å². The van der Waals surface area contributed by atoms with E-state index in [2.05, 4.69) is 0 Å². The Balaban J connectivity index is 2.39. The van der Waals surface area contributed by atoms with Crippen molar-refractivity contribution in [3.8, 4) is 11.5 Å². The van der Waals surface area contributed by atoms with Crippen molar-refractivity contribution in [2.45, 2.75) is 23.8 Å². The van der Waals surface area contributed by atoms with E-state index < -0.39 is 10.0 Å². The monoisotopic (exact) mass is 301 g/mol. The number of benzene rings is 1. The van der Waals surface area contributed by atoms with E-state index in [4.69, 9.17) is 9.47 Å². The summed E-state index contributed by atoms with van der Waals surface area (Å²) in [6.45, 7) is 0.272. The van der Waals surface area contributed by atoms with Crippen LogP contribution in [0.15, 0.2) is 23.1 Å². The smallest absolute Gasteiger partial charge is 0.243 e. The molecule has 1 aromatic rings. The van der Waals surface area contributed by atoms with Crippen molar-refractivity contribution < 1.29 is 23.0 Å². The Labute approximate surface area is 119 Å². The predicted molar refractivity (Wildman–Crippen MR) is 73.5 cm³/mol. The Bertz CT molecular complexity index is 572. The van der Waals surface area contributed by atoms with Gasteiger partial charge in [0, 0.05) is 18.7 Å². The minimum absolute atomic E-state index is 0.149. The number of aliphatic hydroxyl groups excluding tert-OH is 1. The van der Waals surface area contributed by atoms with Crippen LogP contribution >= 0.6 is 0 Å². The van der Waals surface area contributed by atoms with Crippen LogP contribution in [-0.2, 0) is 10.0 Å². The summed E-state index contributed by atoms with van der Waals surface area (Å²) in [7, 11) is -0.666. The molecular weight excluding hydrogens is 282 g/mol. The second-order valence-electron chi connectivity index (χ2n) is 4.61. The van der Waals surface area contributed by atoms with Crippen LogP contribution in [-0.4, -0.2) is 51.2 Å². The predicted octanol–water partition coefficient (Wildman–Crippen LogP) is 0.849. The summed E-state index contributed by atoms with van der Waals surface area (Å²) < 4.78 is 36.8. The summed E-state index contributed by atoms with van der Waals surface area (Å²) in [5, 5.41) is 9.28. The molecule has 0 radical (unpaired) electrons. The molecule has 1 aromatic carbocycles. The molecule has 0 saturated carbocycles. The van der Waals surface area contributed by atoms with Gasteiger partial charge in [-0.25, -0.2) is 8.42 Å². The quantitative estimate of drug-likeness (QED) is 0.872. The summed E-state index contributed by atoms with van der Waals surface area (Å²) in [5.41, 5.74) is 0. The molecule has 0 amide bonds. The first-order chi connectivity index (χ1) is 9.54. The molecule has 1 N–H and O–H groups in total. The third-order valence-corrected chi connectivity index (χ3v) is 5.44. The fourth-order valence-electron chi connectivity index (χ4n) is 2.42. The highest BCUT2D eigenvalue weighted by atomic mass is 32.2. The largest absolute Gasteiger partial charge is 0.493 e. The fraction of sp³-hybridized carbons (Fsp3) is 0.538. The molecule has 1 heterocycles. The van der Waals surface area contributed by atoms with Crippen LogP contribution < -0.4 is 9.47 Å². The van der Waals surface area contributed by atoms with E-state index >= 15 is 0 Å². The topological polar surface area (TPSA) is 76.1 Å². The third kappa shape index (κ3) is 2.61. The second-order valence-corrected chi connectivity index (χ2v) is 6.50.